The lowest BCUT2D eigenvalue weighted by Gasteiger charge is -2.08. The number of benzene rings is 1. The fourth-order valence-electron chi connectivity index (χ4n) is 1.42. The summed E-state index contributed by atoms with van der Waals surface area (Å²) in [5.74, 6) is 1.64. The van der Waals surface area contributed by atoms with Gasteiger partial charge in [0.05, 0.1) is 19.8 Å². The van der Waals surface area contributed by atoms with Gasteiger partial charge in [-0.3, -0.25) is 0 Å². The highest BCUT2D eigenvalue weighted by Gasteiger charge is 1.98. The predicted octanol–water partition coefficient (Wildman–Crippen LogP) is 2.63. The highest BCUT2D eigenvalue weighted by Crippen LogP contribution is 2.19. The van der Waals surface area contributed by atoms with Crippen LogP contribution in [0.5, 0.6) is 11.5 Å². The van der Waals surface area contributed by atoms with E-state index in [2.05, 4.69) is 0 Å². The van der Waals surface area contributed by atoms with Crippen molar-refractivity contribution in [2.45, 2.75) is 32.3 Å². The number of aliphatic hydroxyl groups is 1. The van der Waals surface area contributed by atoms with Crippen LogP contribution in [0.3, 0.4) is 0 Å². The highest BCUT2D eigenvalue weighted by molar-refractivity contribution is 5.32. The molecule has 1 unspecified atom stereocenters. The Hall–Kier alpha value is -1.22. The third-order valence-electron chi connectivity index (χ3n) is 2.33. The van der Waals surface area contributed by atoms with Crippen LogP contribution in [0.25, 0.3) is 0 Å². The molecule has 90 valence electrons. The number of ether oxygens (including phenoxy) is 2. The van der Waals surface area contributed by atoms with Crippen LogP contribution >= 0.6 is 0 Å². The SMILES string of the molecule is COc1cccc(OCCCCC(C)O)c1. The lowest BCUT2D eigenvalue weighted by molar-refractivity contribution is 0.177. The minimum Gasteiger partial charge on any atom is -0.497 e. The van der Waals surface area contributed by atoms with Gasteiger partial charge in [0.1, 0.15) is 11.5 Å². The number of rotatable bonds is 7. The first kappa shape index (κ1) is 12.8. The fraction of sp³-hybridized carbons (Fsp3) is 0.538. The van der Waals surface area contributed by atoms with Crippen LogP contribution in [-0.4, -0.2) is 24.9 Å². The average Bonchev–Trinajstić information content (AvgIpc) is 2.28. The van der Waals surface area contributed by atoms with Crippen molar-refractivity contribution in [3.63, 3.8) is 0 Å². The Morgan fingerprint density at radius 3 is 2.69 bits per heavy atom. The standard InChI is InChI=1S/C13H20O3/c1-11(14)6-3-4-9-16-13-8-5-7-12(10-13)15-2/h5,7-8,10-11,14H,3-4,6,9H2,1-2H3. The van der Waals surface area contributed by atoms with Crippen LogP contribution in [-0.2, 0) is 0 Å². The number of methoxy groups -OCH3 is 1. The van der Waals surface area contributed by atoms with E-state index < -0.39 is 0 Å². The van der Waals surface area contributed by atoms with Gasteiger partial charge in [0.2, 0.25) is 0 Å². The van der Waals surface area contributed by atoms with E-state index in [-0.39, 0.29) is 6.10 Å². The summed E-state index contributed by atoms with van der Waals surface area (Å²) in [6.45, 7) is 2.49. The summed E-state index contributed by atoms with van der Waals surface area (Å²) >= 11 is 0. The zero-order valence-corrected chi connectivity index (χ0v) is 9.98. The summed E-state index contributed by atoms with van der Waals surface area (Å²) in [5.41, 5.74) is 0. The molecule has 0 radical (unpaired) electrons. The summed E-state index contributed by atoms with van der Waals surface area (Å²) in [4.78, 5) is 0. The van der Waals surface area contributed by atoms with Gasteiger partial charge in [-0.05, 0) is 38.3 Å². The lowest BCUT2D eigenvalue weighted by atomic mass is 10.2. The second kappa shape index (κ2) is 7.12. The molecule has 3 heteroatoms. The normalized spacial score (nSPS) is 12.2. The van der Waals surface area contributed by atoms with Crippen LogP contribution in [0.15, 0.2) is 24.3 Å². The van der Waals surface area contributed by atoms with Crippen molar-refractivity contribution in [2.75, 3.05) is 13.7 Å². The molecule has 1 atom stereocenters. The van der Waals surface area contributed by atoms with E-state index in [1.54, 1.807) is 7.11 Å². The molecule has 1 aromatic rings. The summed E-state index contributed by atoms with van der Waals surface area (Å²) in [5, 5.41) is 9.08. The maximum atomic E-state index is 9.08. The first-order valence-corrected chi connectivity index (χ1v) is 5.67. The van der Waals surface area contributed by atoms with E-state index in [4.69, 9.17) is 14.6 Å². The Bertz CT molecular complexity index is 297. The number of hydrogen-bond acceptors (Lipinski definition) is 3. The van der Waals surface area contributed by atoms with E-state index in [0.29, 0.717) is 6.61 Å². The Morgan fingerprint density at radius 2 is 2.00 bits per heavy atom. The zero-order chi connectivity index (χ0) is 11.8. The molecular formula is C13H20O3. The molecule has 16 heavy (non-hydrogen) atoms. The molecule has 0 aliphatic rings. The van der Waals surface area contributed by atoms with Gasteiger partial charge in [-0.2, -0.15) is 0 Å². The van der Waals surface area contributed by atoms with Crippen molar-refractivity contribution in [3.8, 4) is 11.5 Å². The third kappa shape index (κ3) is 5.03. The van der Waals surface area contributed by atoms with Crippen molar-refractivity contribution in [3.05, 3.63) is 24.3 Å². The van der Waals surface area contributed by atoms with E-state index in [9.17, 15) is 0 Å². The van der Waals surface area contributed by atoms with Gasteiger partial charge in [-0.1, -0.05) is 6.07 Å². The maximum absolute atomic E-state index is 9.08. The Morgan fingerprint density at radius 1 is 1.25 bits per heavy atom. The maximum Gasteiger partial charge on any atom is 0.122 e. The third-order valence-corrected chi connectivity index (χ3v) is 2.33. The molecule has 0 saturated carbocycles. The fourth-order valence-corrected chi connectivity index (χ4v) is 1.42. The molecule has 0 aliphatic heterocycles. The largest absolute Gasteiger partial charge is 0.497 e. The minimum atomic E-state index is -0.211. The minimum absolute atomic E-state index is 0.211. The van der Waals surface area contributed by atoms with Crippen LogP contribution < -0.4 is 9.47 Å². The molecule has 0 aliphatic carbocycles. The van der Waals surface area contributed by atoms with Crippen LogP contribution in [0, 0.1) is 0 Å². The molecule has 0 heterocycles. The van der Waals surface area contributed by atoms with Crippen molar-refractivity contribution in [1.29, 1.82) is 0 Å². The summed E-state index contributed by atoms with van der Waals surface area (Å²) < 4.78 is 10.7. The molecule has 1 aromatic carbocycles. The van der Waals surface area contributed by atoms with Crippen molar-refractivity contribution in [2.24, 2.45) is 0 Å². The van der Waals surface area contributed by atoms with Gasteiger partial charge < -0.3 is 14.6 Å². The summed E-state index contributed by atoms with van der Waals surface area (Å²) in [6.07, 6.45) is 2.57. The lowest BCUT2D eigenvalue weighted by Crippen LogP contribution is -2.02. The predicted molar refractivity (Wildman–Crippen MR) is 64.0 cm³/mol. The Balaban J connectivity index is 2.21. The average molecular weight is 224 g/mol. The molecule has 1 N–H and O–H groups in total. The molecule has 0 spiro atoms. The number of hydrogen-bond donors (Lipinski definition) is 1. The van der Waals surface area contributed by atoms with Crippen molar-refractivity contribution < 1.29 is 14.6 Å². The topological polar surface area (TPSA) is 38.7 Å². The van der Waals surface area contributed by atoms with E-state index in [1.165, 1.54) is 0 Å². The molecule has 0 aromatic heterocycles. The molecule has 3 nitrogen and oxygen atoms in total. The van der Waals surface area contributed by atoms with Crippen molar-refractivity contribution in [1.82, 2.24) is 0 Å². The number of aliphatic hydroxyl groups excluding tert-OH is 1. The van der Waals surface area contributed by atoms with Gasteiger partial charge in [-0.25, -0.2) is 0 Å². The first-order valence-electron chi connectivity index (χ1n) is 5.67. The molecule has 1 rings (SSSR count). The molecular weight excluding hydrogens is 204 g/mol. The van der Waals surface area contributed by atoms with Crippen LogP contribution in [0.1, 0.15) is 26.2 Å². The van der Waals surface area contributed by atoms with E-state index >= 15 is 0 Å². The Kier molecular flexibility index (Phi) is 5.72. The molecule has 0 saturated heterocycles. The summed E-state index contributed by atoms with van der Waals surface area (Å²) in [6, 6.07) is 7.58. The van der Waals surface area contributed by atoms with Gasteiger partial charge in [0, 0.05) is 6.07 Å². The molecule has 0 amide bonds. The van der Waals surface area contributed by atoms with Gasteiger partial charge in [-0.15, -0.1) is 0 Å². The van der Waals surface area contributed by atoms with Crippen LogP contribution in [0.2, 0.25) is 0 Å². The van der Waals surface area contributed by atoms with Crippen LogP contribution in [0.4, 0.5) is 0 Å². The monoisotopic (exact) mass is 224 g/mol. The second-order valence-corrected chi connectivity index (χ2v) is 3.87. The molecule has 0 bridgehead atoms. The van der Waals surface area contributed by atoms with Gasteiger partial charge in [0.25, 0.3) is 0 Å². The zero-order valence-electron chi connectivity index (χ0n) is 9.98. The number of unbranched alkanes of at least 4 members (excludes halogenated alkanes) is 1. The highest BCUT2D eigenvalue weighted by atomic mass is 16.5. The smallest absolute Gasteiger partial charge is 0.122 e. The van der Waals surface area contributed by atoms with Gasteiger partial charge >= 0.3 is 0 Å². The second-order valence-electron chi connectivity index (χ2n) is 3.87. The molecule has 0 fully saturated rings. The van der Waals surface area contributed by atoms with Crippen molar-refractivity contribution >= 4 is 0 Å². The summed E-state index contributed by atoms with van der Waals surface area (Å²) in [7, 11) is 1.64. The van der Waals surface area contributed by atoms with Gasteiger partial charge in [0.15, 0.2) is 0 Å². The van der Waals surface area contributed by atoms with E-state index in [1.807, 2.05) is 31.2 Å². The quantitative estimate of drug-likeness (QED) is 0.724. The first-order chi connectivity index (χ1) is 7.72. The Labute approximate surface area is 97.0 Å². The van der Waals surface area contributed by atoms with E-state index in [0.717, 1.165) is 30.8 Å².